The average molecular weight is 325 g/mol. The highest BCUT2D eigenvalue weighted by molar-refractivity contribution is 5.90. The number of nitrogens with one attached hydrogen (secondary N) is 2. The minimum Gasteiger partial charge on any atom is -0.373 e. The summed E-state index contributed by atoms with van der Waals surface area (Å²) >= 11 is 0. The zero-order valence-electron chi connectivity index (χ0n) is 14.8. The van der Waals surface area contributed by atoms with E-state index in [0.717, 1.165) is 32.4 Å². The van der Waals surface area contributed by atoms with Gasteiger partial charge in [0.2, 0.25) is 11.8 Å². The molecule has 2 N–H and O–H groups in total. The predicted octanol–water partition coefficient (Wildman–Crippen LogP) is 0.905. The van der Waals surface area contributed by atoms with Gasteiger partial charge in [-0.3, -0.25) is 14.5 Å². The predicted molar refractivity (Wildman–Crippen MR) is 89.0 cm³/mol. The van der Waals surface area contributed by atoms with Crippen molar-refractivity contribution in [2.24, 2.45) is 5.92 Å². The van der Waals surface area contributed by atoms with Crippen molar-refractivity contribution < 1.29 is 14.3 Å². The van der Waals surface area contributed by atoms with Gasteiger partial charge in [0.25, 0.3) is 0 Å². The van der Waals surface area contributed by atoms with Crippen LogP contribution >= 0.6 is 0 Å². The smallest absolute Gasteiger partial charge is 0.242 e. The molecule has 0 aromatic rings. The fraction of sp³-hybridized carbons (Fsp3) is 0.882. The molecule has 0 spiro atoms. The van der Waals surface area contributed by atoms with Crippen LogP contribution in [-0.2, 0) is 14.3 Å². The maximum absolute atomic E-state index is 12.8. The van der Waals surface area contributed by atoms with Crippen molar-refractivity contribution in [1.82, 2.24) is 15.5 Å². The van der Waals surface area contributed by atoms with Gasteiger partial charge in [0.05, 0.1) is 18.2 Å². The van der Waals surface area contributed by atoms with Gasteiger partial charge < -0.3 is 15.4 Å². The minimum absolute atomic E-state index is 0.0386. The molecule has 2 aliphatic heterocycles. The second-order valence-electron chi connectivity index (χ2n) is 7.25. The van der Waals surface area contributed by atoms with Gasteiger partial charge >= 0.3 is 0 Å². The monoisotopic (exact) mass is 325 g/mol. The highest BCUT2D eigenvalue weighted by atomic mass is 16.5. The van der Waals surface area contributed by atoms with E-state index in [-0.39, 0.29) is 36.0 Å². The summed E-state index contributed by atoms with van der Waals surface area (Å²) in [4.78, 5) is 27.1. The molecule has 2 heterocycles. The van der Waals surface area contributed by atoms with Crippen molar-refractivity contribution in [2.45, 2.75) is 71.2 Å². The Morgan fingerprint density at radius 3 is 2.52 bits per heavy atom. The van der Waals surface area contributed by atoms with Crippen molar-refractivity contribution in [3.63, 3.8) is 0 Å². The first-order chi connectivity index (χ1) is 10.9. The lowest BCUT2D eigenvalue weighted by Crippen LogP contribution is -2.59. The van der Waals surface area contributed by atoms with Crippen LogP contribution in [0.4, 0.5) is 0 Å². The summed E-state index contributed by atoms with van der Waals surface area (Å²) in [6.07, 6.45) is 2.90. The third kappa shape index (κ3) is 4.91. The van der Waals surface area contributed by atoms with Gasteiger partial charge in [-0.2, -0.15) is 0 Å². The van der Waals surface area contributed by atoms with Crippen molar-refractivity contribution in [2.75, 3.05) is 19.6 Å². The van der Waals surface area contributed by atoms with Gasteiger partial charge in [-0.1, -0.05) is 13.8 Å². The number of carbonyl (C=O) groups is 2. The largest absolute Gasteiger partial charge is 0.373 e. The molecule has 0 saturated carbocycles. The summed E-state index contributed by atoms with van der Waals surface area (Å²) in [5.41, 5.74) is 0. The van der Waals surface area contributed by atoms with Crippen LogP contribution in [0.2, 0.25) is 0 Å². The van der Waals surface area contributed by atoms with Gasteiger partial charge in [0.15, 0.2) is 0 Å². The summed E-state index contributed by atoms with van der Waals surface area (Å²) in [5.74, 6) is 0.0896. The normalized spacial score (nSPS) is 31.3. The van der Waals surface area contributed by atoms with Crippen LogP contribution in [0.25, 0.3) is 0 Å². The molecule has 2 aliphatic rings. The Bertz CT molecular complexity index is 417. The molecule has 2 rings (SSSR count). The van der Waals surface area contributed by atoms with E-state index in [1.54, 1.807) is 0 Å². The summed E-state index contributed by atoms with van der Waals surface area (Å²) in [6, 6.07) is -0.623. The highest BCUT2D eigenvalue weighted by Gasteiger charge is 2.35. The lowest BCUT2D eigenvalue weighted by atomic mass is 9.98. The van der Waals surface area contributed by atoms with E-state index in [2.05, 4.69) is 29.4 Å². The van der Waals surface area contributed by atoms with Gasteiger partial charge in [-0.05, 0) is 39.0 Å². The zero-order chi connectivity index (χ0) is 17.0. The first-order valence-electron chi connectivity index (χ1n) is 8.86. The number of nitrogens with zero attached hydrogens (tertiary/aromatic N) is 1. The first-order valence-corrected chi connectivity index (χ1v) is 8.86. The second-order valence-corrected chi connectivity index (χ2v) is 7.25. The number of ether oxygens (including phenoxy) is 1. The molecule has 2 saturated heterocycles. The van der Waals surface area contributed by atoms with Crippen LogP contribution in [0, 0.1) is 5.92 Å². The number of rotatable bonds is 4. The lowest BCUT2D eigenvalue weighted by Gasteiger charge is -2.41. The maximum Gasteiger partial charge on any atom is 0.242 e. The van der Waals surface area contributed by atoms with Crippen LogP contribution in [0.1, 0.15) is 47.0 Å². The standard InChI is InChI=1S/C17H31N3O3/c1-11(2)15(20-9-12(3)23-13(4)10-20)17(22)19-14-7-5-6-8-18-16(14)21/h11-15H,5-10H2,1-4H3,(H,18,21)(H,19,22)/t12-,13+,14-,15-/m0/s1. The zero-order valence-corrected chi connectivity index (χ0v) is 14.8. The van der Waals surface area contributed by atoms with Crippen LogP contribution in [-0.4, -0.2) is 60.6 Å². The molecule has 6 nitrogen and oxygen atoms in total. The summed E-state index contributed by atoms with van der Waals surface area (Å²) in [6.45, 7) is 10.4. The van der Waals surface area contributed by atoms with Gasteiger partial charge in [0.1, 0.15) is 6.04 Å². The minimum atomic E-state index is -0.401. The molecule has 4 atom stereocenters. The van der Waals surface area contributed by atoms with Crippen molar-refractivity contribution >= 4 is 11.8 Å². The lowest BCUT2D eigenvalue weighted by molar-refractivity contribution is -0.138. The van der Waals surface area contributed by atoms with Gasteiger partial charge in [-0.15, -0.1) is 0 Å². The third-order valence-electron chi connectivity index (χ3n) is 4.59. The molecule has 0 bridgehead atoms. The summed E-state index contributed by atoms with van der Waals surface area (Å²) < 4.78 is 5.77. The molecule has 132 valence electrons. The molecular weight excluding hydrogens is 294 g/mol. The molecule has 0 unspecified atom stereocenters. The SMILES string of the molecule is CC(C)[C@@H](C(=O)N[C@H]1CCCCNC1=O)N1C[C@@H](C)O[C@@H](C)C1. The van der Waals surface area contributed by atoms with E-state index in [9.17, 15) is 9.59 Å². The molecule has 6 heteroatoms. The van der Waals surface area contributed by atoms with E-state index in [0.29, 0.717) is 6.54 Å². The maximum atomic E-state index is 12.8. The molecule has 0 aromatic carbocycles. The summed E-state index contributed by atoms with van der Waals surface area (Å²) in [7, 11) is 0. The van der Waals surface area contributed by atoms with Crippen LogP contribution in [0.5, 0.6) is 0 Å². The van der Waals surface area contributed by atoms with Crippen molar-refractivity contribution in [3.05, 3.63) is 0 Å². The Morgan fingerprint density at radius 1 is 1.26 bits per heavy atom. The first kappa shape index (κ1) is 18.2. The second kappa shape index (κ2) is 8.11. The fourth-order valence-electron chi connectivity index (χ4n) is 3.67. The van der Waals surface area contributed by atoms with Crippen LogP contribution in [0.15, 0.2) is 0 Å². The highest BCUT2D eigenvalue weighted by Crippen LogP contribution is 2.19. The van der Waals surface area contributed by atoms with Gasteiger partial charge in [-0.25, -0.2) is 0 Å². The molecule has 0 radical (unpaired) electrons. The van der Waals surface area contributed by atoms with Crippen LogP contribution in [0.3, 0.4) is 0 Å². The van der Waals surface area contributed by atoms with Crippen molar-refractivity contribution in [3.8, 4) is 0 Å². The number of hydrogen-bond donors (Lipinski definition) is 2. The van der Waals surface area contributed by atoms with E-state index in [1.165, 1.54) is 0 Å². The van der Waals surface area contributed by atoms with E-state index < -0.39 is 6.04 Å². The third-order valence-corrected chi connectivity index (χ3v) is 4.59. The number of amides is 2. The fourth-order valence-corrected chi connectivity index (χ4v) is 3.67. The molecule has 2 fully saturated rings. The number of hydrogen-bond acceptors (Lipinski definition) is 4. The number of carbonyl (C=O) groups excluding carboxylic acids is 2. The molecule has 0 aliphatic carbocycles. The quantitative estimate of drug-likeness (QED) is 0.806. The molecular formula is C17H31N3O3. The molecule has 23 heavy (non-hydrogen) atoms. The Labute approximate surface area is 139 Å². The van der Waals surface area contributed by atoms with Crippen LogP contribution < -0.4 is 10.6 Å². The Morgan fingerprint density at radius 2 is 1.91 bits per heavy atom. The van der Waals surface area contributed by atoms with Gasteiger partial charge in [0, 0.05) is 19.6 Å². The average Bonchev–Trinajstić information content (AvgIpc) is 2.62. The Kier molecular flexibility index (Phi) is 6.41. The molecule has 2 amide bonds. The Balaban J connectivity index is 2.04. The molecule has 0 aromatic heterocycles. The van der Waals surface area contributed by atoms with E-state index >= 15 is 0 Å². The topological polar surface area (TPSA) is 70.7 Å². The van der Waals surface area contributed by atoms with E-state index in [4.69, 9.17) is 4.74 Å². The Hall–Kier alpha value is -1.14. The van der Waals surface area contributed by atoms with Crippen molar-refractivity contribution in [1.29, 1.82) is 0 Å². The van der Waals surface area contributed by atoms with E-state index in [1.807, 2.05) is 13.8 Å². The number of morpholine rings is 1. The summed E-state index contributed by atoms with van der Waals surface area (Å²) in [5, 5.41) is 5.86.